The molecule has 0 fully saturated rings. The maximum Gasteiger partial charge on any atom is 0.327 e. The highest BCUT2D eigenvalue weighted by atomic mass is 16.5. The predicted molar refractivity (Wildman–Crippen MR) is 139 cm³/mol. The van der Waals surface area contributed by atoms with Crippen molar-refractivity contribution in [2.24, 2.45) is 0 Å². The number of nitrogens with zero attached hydrogens (tertiary/aromatic N) is 5. The zero-order valence-electron chi connectivity index (χ0n) is 21.2. The standard InChI is InChI=1S/C26H33N7O2/c1-26(2,3)22-16-23(31-35-22)33(6)25(34)30-21-10-7-9-19(15-21)11-12-20-17-28-24(29-18-20)27-13-8-14-32(4)5/h7,9-10,15-18H,8,13-14H2,1-6H3,(H,30,34)(H,27,28,29). The number of hydrogen-bond acceptors (Lipinski definition) is 7. The molecule has 0 aliphatic heterocycles. The second kappa shape index (κ2) is 11.5. The Labute approximate surface area is 206 Å². The van der Waals surface area contributed by atoms with Crippen molar-refractivity contribution in [3.05, 3.63) is 59.6 Å². The molecule has 9 nitrogen and oxygen atoms in total. The van der Waals surface area contributed by atoms with E-state index in [0.717, 1.165) is 25.1 Å². The highest BCUT2D eigenvalue weighted by Crippen LogP contribution is 2.26. The molecule has 184 valence electrons. The molecular weight excluding hydrogens is 442 g/mol. The Morgan fingerprint density at radius 2 is 1.77 bits per heavy atom. The number of aromatic nitrogens is 3. The summed E-state index contributed by atoms with van der Waals surface area (Å²) in [7, 11) is 5.74. The lowest BCUT2D eigenvalue weighted by atomic mass is 9.93. The van der Waals surface area contributed by atoms with Gasteiger partial charge in [0.05, 0.1) is 5.56 Å². The second-order valence-electron chi connectivity index (χ2n) is 9.50. The van der Waals surface area contributed by atoms with Gasteiger partial charge in [-0.25, -0.2) is 14.8 Å². The molecule has 0 aliphatic carbocycles. The van der Waals surface area contributed by atoms with Crippen molar-refractivity contribution in [2.45, 2.75) is 32.6 Å². The van der Waals surface area contributed by atoms with Crippen LogP contribution in [0.15, 0.2) is 47.2 Å². The van der Waals surface area contributed by atoms with Crippen LogP contribution in [-0.4, -0.2) is 60.3 Å². The minimum Gasteiger partial charge on any atom is -0.359 e. The van der Waals surface area contributed by atoms with Crippen molar-refractivity contribution in [2.75, 3.05) is 49.8 Å². The summed E-state index contributed by atoms with van der Waals surface area (Å²) in [5.74, 6) is 7.89. The van der Waals surface area contributed by atoms with Gasteiger partial charge in [0.1, 0.15) is 5.76 Å². The van der Waals surface area contributed by atoms with E-state index < -0.39 is 0 Å². The van der Waals surface area contributed by atoms with Crippen LogP contribution in [-0.2, 0) is 5.41 Å². The summed E-state index contributed by atoms with van der Waals surface area (Å²) >= 11 is 0. The van der Waals surface area contributed by atoms with Crippen LogP contribution in [0.5, 0.6) is 0 Å². The van der Waals surface area contributed by atoms with Crippen molar-refractivity contribution in [3.8, 4) is 11.8 Å². The number of carbonyl (C=O) groups excluding carboxylic acids is 1. The fourth-order valence-corrected chi connectivity index (χ4v) is 2.99. The fraction of sp³-hybridized carbons (Fsp3) is 0.385. The highest BCUT2D eigenvalue weighted by molar-refractivity contribution is 6.00. The molecule has 0 radical (unpaired) electrons. The van der Waals surface area contributed by atoms with E-state index in [0.29, 0.717) is 28.8 Å². The van der Waals surface area contributed by atoms with Crippen LogP contribution in [0.4, 0.5) is 22.2 Å². The molecule has 1 aromatic carbocycles. The summed E-state index contributed by atoms with van der Waals surface area (Å²) < 4.78 is 5.38. The molecule has 3 aromatic rings. The number of anilines is 3. The number of hydrogen-bond donors (Lipinski definition) is 2. The number of urea groups is 1. The minimum atomic E-state index is -0.328. The number of rotatable bonds is 7. The van der Waals surface area contributed by atoms with E-state index >= 15 is 0 Å². The third-order valence-corrected chi connectivity index (χ3v) is 5.07. The maximum absolute atomic E-state index is 12.7. The molecule has 0 unspecified atom stereocenters. The monoisotopic (exact) mass is 475 g/mol. The average molecular weight is 476 g/mol. The quantitative estimate of drug-likeness (QED) is 0.390. The summed E-state index contributed by atoms with van der Waals surface area (Å²) in [6.07, 6.45) is 4.40. The SMILES string of the molecule is CN(C)CCCNc1ncc(C#Cc2cccc(NC(=O)N(C)c3cc(C(C)(C)C)on3)c2)cn1. The summed E-state index contributed by atoms with van der Waals surface area (Å²) in [6.45, 7) is 7.88. The lowest BCUT2D eigenvalue weighted by molar-refractivity contribution is 0.257. The number of benzene rings is 1. The number of amides is 2. The van der Waals surface area contributed by atoms with Gasteiger partial charge in [-0.1, -0.05) is 43.8 Å². The van der Waals surface area contributed by atoms with Gasteiger partial charge in [0, 0.05) is 48.7 Å². The van der Waals surface area contributed by atoms with E-state index in [1.165, 1.54) is 4.90 Å². The molecule has 0 saturated carbocycles. The lowest BCUT2D eigenvalue weighted by Crippen LogP contribution is -2.31. The molecule has 9 heteroatoms. The molecule has 0 atom stereocenters. The van der Waals surface area contributed by atoms with Gasteiger partial charge in [0.25, 0.3) is 0 Å². The van der Waals surface area contributed by atoms with E-state index in [1.54, 1.807) is 31.6 Å². The van der Waals surface area contributed by atoms with E-state index in [-0.39, 0.29) is 11.4 Å². The van der Waals surface area contributed by atoms with Gasteiger partial charge in [0.15, 0.2) is 5.82 Å². The normalized spacial score (nSPS) is 11.1. The van der Waals surface area contributed by atoms with Crippen molar-refractivity contribution in [1.29, 1.82) is 0 Å². The molecule has 0 spiro atoms. The largest absolute Gasteiger partial charge is 0.359 e. The molecule has 0 bridgehead atoms. The van der Waals surface area contributed by atoms with Gasteiger partial charge in [-0.05, 0) is 45.3 Å². The van der Waals surface area contributed by atoms with Crippen LogP contribution in [0.1, 0.15) is 44.1 Å². The van der Waals surface area contributed by atoms with Gasteiger partial charge >= 0.3 is 6.03 Å². The first kappa shape index (κ1) is 25.7. The molecule has 0 saturated heterocycles. The van der Waals surface area contributed by atoms with Gasteiger partial charge in [-0.2, -0.15) is 0 Å². The van der Waals surface area contributed by atoms with Crippen LogP contribution in [0, 0.1) is 11.8 Å². The third kappa shape index (κ3) is 7.83. The van der Waals surface area contributed by atoms with Gasteiger partial charge in [0.2, 0.25) is 5.95 Å². The van der Waals surface area contributed by atoms with Crippen LogP contribution < -0.4 is 15.5 Å². The Bertz CT molecular complexity index is 1180. The molecule has 3 rings (SSSR count). The number of carbonyl (C=O) groups is 1. The summed E-state index contributed by atoms with van der Waals surface area (Å²) in [4.78, 5) is 24.9. The molecule has 2 heterocycles. The summed E-state index contributed by atoms with van der Waals surface area (Å²) in [5.41, 5.74) is 1.90. The Hall–Kier alpha value is -3.90. The molecule has 35 heavy (non-hydrogen) atoms. The molecule has 2 aromatic heterocycles. The van der Waals surface area contributed by atoms with Crippen molar-refractivity contribution in [1.82, 2.24) is 20.0 Å². The van der Waals surface area contributed by atoms with Crippen LogP contribution >= 0.6 is 0 Å². The lowest BCUT2D eigenvalue weighted by Gasteiger charge is -2.15. The Morgan fingerprint density at radius 3 is 2.43 bits per heavy atom. The molecule has 2 N–H and O–H groups in total. The average Bonchev–Trinajstić information content (AvgIpc) is 3.32. The van der Waals surface area contributed by atoms with Gasteiger partial charge in [-0.3, -0.25) is 4.90 Å². The first-order valence-corrected chi connectivity index (χ1v) is 11.5. The highest BCUT2D eigenvalue weighted by Gasteiger charge is 2.22. The summed E-state index contributed by atoms with van der Waals surface area (Å²) in [6, 6.07) is 8.77. The zero-order chi connectivity index (χ0) is 25.4. The zero-order valence-corrected chi connectivity index (χ0v) is 21.2. The third-order valence-electron chi connectivity index (χ3n) is 5.07. The van der Waals surface area contributed by atoms with Gasteiger partial charge in [-0.15, -0.1) is 0 Å². The van der Waals surface area contributed by atoms with E-state index in [9.17, 15) is 4.79 Å². The first-order valence-electron chi connectivity index (χ1n) is 11.5. The Kier molecular flexibility index (Phi) is 8.44. The molecule has 2 amide bonds. The molecule has 0 aliphatic rings. The van der Waals surface area contributed by atoms with E-state index in [1.807, 2.05) is 53.1 Å². The maximum atomic E-state index is 12.7. The van der Waals surface area contributed by atoms with Crippen molar-refractivity contribution in [3.63, 3.8) is 0 Å². The van der Waals surface area contributed by atoms with E-state index in [4.69, 9.17) is 4.52 Å². The Balaban J connectivity index is 1.58. The molecular formula is C26H33N7O2. The Morgan fingerprint density at radius 1 is 1.06 bits per heavy atom. The fourth-order valence-electron chi connectivity index (χ4n) is 2.99. The smallest absolute Gasteiger partial charge is 0.327 e. The number of nitrogens with one attached hydrogen (secondary N) is 2. The van der Waals surface area contributed by atoms with Crippen LogP contribution in [0.3, 0.4) is 0 Å². The van der Waals surface area contributed by atoms with E-state index in [2.05, 4.69) is 42.5 Å². The van der Waals surface area contributed by atoms with Crippen LogP contribution in [0.25, 0.3) is 0 Å². The summed E-state index contributed by atoms with van der Waals surface area (Å²) in [5, 5.41) is 10.1. The van der Waals surface area contributed by atoms with Crippen molar-refractivity contribution >= 4 is 23.5 Å². The van der Waals surface area contributed by atoms with Gasteiger partial charge < -0.3 is 20.1 Å². The van der Waals surface area contributed by atoms with Crippen LogP contribution in [0.2, 0.25) is 0 Å². The predicted octanol–water partition coefficient (Wildman–Crippen LogP) is 4.19. The first-order chi connectivity index (χ1) is 16.6. The second-order valence-corrected chi connectivity index (χ2v) is 9.50. The topological polar surface area (TPSA) is 99.4 Å². The van der Waals surface area contributed by atoms with Crippen molar-refractivity contribution < 1.29 is 9.32 Å². The minimum absolute atomic E-state index is 0.191.